The van der Waals surface area contributed by atoms with Crippen molar-refractivity contribution in [2.75, 3.05) is 6.61 Å². The van der Waals surface area contributed by atoms with Crippen LogP contribution >= 0.6 is 0 Å². The Morgan fingerprint density at radius 2 is 1.90 bits per heavy atom. The number of hydrogen-bond donors (Lipinski definition) is 1. The van der Waals surface area contributed by atoms with Gasteiger partial charge in [-0.1, -0.05) is 6.07 Å². The number of nitrogens with zero attached hydrogens (tertiary/aromatic N) is 1. The number of hydrogen-bond acceptors (Lipinski definition) is 4. The fourth-order valence-electron chi connectivity index (χ4n) is 2.57. The lowest BCUT2D eigenvalue weighted by Gasteiger charge is -2.22. The van der Waals surface area contributed by atoms with Crippen molar-refractivity contribution in [3.05, 3.63) is 64.7 Å². The van der Waals surface area contributed by atoms with Gasteiger partial charge in [-0.2, -0.15) is 5.26 Å². The first kappa shape index (κ1) is 22.2. The van der Waals surface area contributed by atoms with Crippen molar-refractivity contribution in [2.45, 2.75) is 45.8 Å². The van der Waals surface area contributed by atoms with E-state index in [1.807, 2.05) is 20.8 Å². The molecule has 2 rings (SSSR count). The summed E-state index contributed by atoms with van der Waals surface area (Å²) in [5.41, 5.74) is 0.735. The highest BCUT2D eigenvalue weighted by Crippen LogP contribution is 2.21. The number of amides is 1. The molecule has 154 valence electrons. The fourth-order valence-corrected chi connectivity index (χ4v) is 2.57. The third-order valence-electron chi connectivity index (χ3n) is 3.76. The van der Waals surface area contributed by atoms with Crippen molar-refractivity contribution in [2.24, 2.45) is 0 Å². The summed E-state index contributed by atoms with van der Waals surface area (Å²) in [7, 11) is 0. The van der Waals surface area contributed by atoms with Crippen LogP contribution in [0.15, 0.2) is 36.4 Å². The second kappa shape index (κ2) is 9.37. The number of halogens is 2. The molecule has 0 aliphatic heterocycles. The molecule has 0 aliphatic rings. The van der Waals surface area contributed by atoms with Crippen molar-refractivity contribution in [3.8, 4) is 11.8 Å². The number of ether oxygens (including phenoxy) is 2. The van der Waals surface area contributed by atoms with Gasteiger partial charge < -0.3 is 14.8 Å². The first-order valence-corrected chi connectivity index (χ1v) is 9.15. The largest absolute Gasteiger partial charge is 0.490 e. The summed E-state index contributed by atoms with van der Waals surface area (Å²) in [6, 6.07) is 10.2. The Balaban J connectivity index is 1.99. The van der Waals surface area contributed by atoms with Gasteiger partial charge in [-0.25, -0.2) is 13.6 Å². The molecule has 0 heterocycles. The van der Waals surface area contributed by atoms with E-state index in [-0.39, 0.29) is 24.3 Å². The minimum absolute atomic E-state index is 0.0403. The van der Waals surface area contributed by atoms with E-state index in [2.05, 4.69) is 5.32 Å². The molecule has 0 fully saturated rings. The Hall–Kier alpha value is -3.14. The molecular formula is C22H24F2N2O3. The van der Waals surface area contributed by atoms with Crippen LogP contribution in [0.5, 0.6) is 5.75 Å². The zero-order valence-corrected chi connectivity index (χ0v) is 16.9. The molecular weight excluding hydrogens is 378 g/mol. The van der Waals surface area contributed by atoms with Crippen molar-refractivity contribution in [1.29, 1.82) is 5.26 Å². The first-order valence-electron chi connectivity index (χ1n) is 9.15. The zero-order chi connectivity index (χ0) is 21.6. The number of nitriles is 1. The van der Waals surface area contributed by atoms with Crippen molar-refractivity contribution in [1.82, 2.24) is 5.32 Å². The molecule has 0 spiro atoms. The van der Waals surface area contributed by atoms with Crippen LogP contribution in [0, 0.1) is 23.0 Å². The van der Waals surface area contributed by atoms with Crippen LogP contribution in [0.25, 0.3) is 0 Å². The minimum Gasteiger partial charge on any atom is -0.490 e. The number of rotatable bonds is 6. The van der Waals surface area contributed by atoms with E-state index < -0.39 is 29.4 Å². The third-order valence-corrected chi connectivity index (χ3v) is 3.76. The molecule has 1 unspecified atom stereocenters. The predicted molar refractivity (Wildman–Crippen MR) is 105 cm³/mol. The fraction of sp³-hybridized carbons (Fsp3) is 0.364. The van der Waals surface area contributed by atoms with Crippen LogP contribution in [0.2, 0.25) is 0 Å². The summed E-state index contributed by atoms with van der Waals surface area (Å²) in [6.07, 6.45) is -0.829. The van der Waals surface area contributed by atoms with Crippen LogP contribution in [0.1, 0.15) is 44.4 Å². The molecule has 2 aromatic rings. The summed E-state index contributed by atoms with van der Waals surface area (Å²) >= 11 is 0. The molecule has 7 heteroatoms. The second-order valence-corrected chi connectivity index (χ2v) is 7.80. The Labute approximate surface area is 169 Å². The highest BCUT2D eigenvalue weighted by molar-refractivity contribution is 5.68. The summed E-state index contributed by atoms with van der Waals surface area (Å²) in [6.45, 7) is 7.23. The summed E-state index contributed by atoms with van der Waals surface area (Å²) in [4.78, 5) is 11.8. The molecule has 5 nitrogen and oxygen atoms in total. The number of carbonyl (C=O) groups is 1. The molecule has 0 radical (unpaired) electrons. The quantitative estimate of drug-likeness (QED) is 0.759. The molecule has 0 aromatic heterocycles. The lowest BCUT2D eigenvalue weighted by molar-refractivity contribution is 0.0705. The van der Waals surface area contributed by atoms with Gasteiger partial charge in [-0.15, -0.1) is 0 Å². The molecule has 0 aliphatic carbocycles. The predicted octanol–water partition coefficient (Wildman–Crippen LogP) is 4.72. The minimum atomic E-state index is -0.614. The molecule has 0 saturated heterocycles. The van der Waals surface area contributed by atoms with Crippen LogP contribution in [0.3, 0.4) is 0 Å². The van der Waals surface area contributed by atoms with E-state index in [1.54, 1.807) is 25.1 Å². The molecule has 1 N–H and O–H groups in total. The van der Waals surface area contributed by atoms with Gasteiger partial charge in [0.05, 0.1) is 5.56 Å². The highest BCUT2D eigenvalue weighted by atomic mass is 19.1. The average molecular weight is 402 g/mol. The Kier molecular flexibility index (Phi) is 7.16. The molecule has 29 heavy (non-hydrogen) atoms. The van der Waals surface area contributed by atoms with Gasteiger partial charge in [0.1, 0.15) is 36.2 Å². The number of carbonyl (C=O) groups excluding carboxylic acids is 1. The van der Waals surface area contributed by atoms with E-state index in [4.69, 9.17) is 14.7 Å². The van der Waals surface area contributed by atoms with Crippen molar-refractivity contribution >= 4 is 6.09 Å². The van der Waals surface area contributed by atoms with Crippen LogP contribution in [0.4, 0.5) is 13.6 Å². The maximum Gasteiger partial charge on any atom is 0.407 e. The van der Waals surface area contributed by atoms with Gasteiger partial charge in [-0.05, 0) is 69.5 Å². The summed E-state index contributed by atoms with van der Waals surface area (Å²) in [5, 5.41) is 11.5. The maximum absolute atomic E-state index is 14.0. The van der Waals surface area contributed by atoms with Gasteiger partial charge in [-0.3, -0.25) is 0 Å². The molecule has 1 atom stereocenters. The smallest absolute Gasteiger partial charge is 0.407 e. The van der Waals surface area contributed by atoms with E-state index in [1.165, 1.54) is 24.3 Å². The summed E-state index contributed by atoms with van der Waals surface area (Å²) < 4.78 is 38.5. The molecule has 2 aromatic carbocycles. The highest BCUT2D eigenvalue weighted by Gasteiger charge is 2.17. The average Bonchev–Trinajstić information content (AvgIpc) is 2.58. The molecule has 0 bridgehead atoms. The van der Waals surface area contributed by atoms with Gasteiger partial charge in [0, 0.05) is 11.6 Å². The number of nitrogens with one attached hydrogen (secondary N) is 1. The monoisotopic (exact) mass is 402 g/mol. The lowest BCUT2D eigenvalue weighted by atomic mass is 10.0. The van der Waals surface area contributed by atoms with E-state index in [9.17, 15) is 13.6 Å². The molecule has 0 saturated carbocycles. The third kappa shape index (κ3) is 7.41. The van der Waals surface area contributed by atoms with E-state index in [0.717, 1.165) is 0 Å². The van der Waals surface area contributed by atoms with Crippen molar-refractivity contribution in [3.63, 3.8) is 0 Å². The van der Waals surface area contributed by atoms with Gasteiger partial charge >= 0.3 is 6.09 Å². The van der Waals surface area contributed by atoms with Gasteiger partial charge in [0.2, 0.25) is 0 Å². The number of alkyl carbamates (subject to hydrolysis) is 1. The van der Waals surface area contributed by atoms with E-state index >= 15 is 0 Å². The van der Waals surface area contributed by atoms with E-state index in [0.29, 0.717) is 11.1 Å². The van der Waals surface area contributed by atoms with Crippen LogP contribution in [-0.2, 0) is 11.2 Å². The summed E-state index contributed by atoms with van der Waals surface area (Å²) in [5.74, 6) is -0.830. The van der Waals surface area contributed by atoms with Gasteiger partial charge in [0.25, 0.3) is 0 Å². The van der Waals surface area contributed by atoms with Crippen LogP contribution in [-0.4, -0.2) is 24.3 Å². The lowest BCUT2D eigenvalue weighted by Crippen LogP contribution is -2.42. The SMILES string of the molecule is CC(COc1cc(F)cc(Cc2ccc(C#N)c(F)c2)c1)OC(=O)NC(C)(C)C. The van der Waals surface area contributed by atoms with Gasteiger partial charge in [0.15, 0.2) is 0 Å². The Bertz CT molecular complexity index is 917. The first-order chi connectivity index (χ1) is 13.6. The maximum atomic E-state index is 14.0. The van der Waals surface area contributed by atoms with Crippen LogP contribution < -0.4 is 10.1 Å². The standard InChI is InChI=1S/C22H24F2N2O3/c1-14(29-21(27)26-22(2,3)4)13-28-19-9-16(8-18(23)11-19)7-15-5-6-17(12-25)20(24)10-15/h5-6,8-11,14H,7,13H2,1-4H3,(H,26,27). The second-order valence-electron chi connectivity index (χ2n) is 7.80. The Morgan fingerprint density at radius 1 is 1.17 bits per heavy atom. The molecule has 1 amide bonds. The Morgan fingerprint density at radius 3 is 2.52 bits per heavy atom. The normalized spacial score (nSPS) is 12.0. The topological polar surface area (TPSA) is 71.3 Å². The van der Waals surface area contributed by atoms with Crippen molar-refractivity contribution < 1.29 is 23.0 Å². The number of benzene rings is 2. The zero-order valence-electron chi connectivity index (χ0n) is 16.9.